The van der Waals surface area contributed by atoms with E-state index in [-0.39, 0.29) is 18.4 Å². The predicted octanol–water partition coefficient (Wildman–Crippen LogP) is 6.28. The summed E-state index contributed by atoms with van der Waals surface area (Å²) in [5.74, 6) is -0.707. The van der Waals surface area contributed by atoms with Crippen molar-refractivity contribution in [3.63, 3.8) is 0 Å². The lowest BCUT2D eigenvalue weighted by atomic mass is 9.65. The number of benzene rings is 4. The monoisotopic (exact) mass is 703 g/mol. The van der Waals surface area contributed by atoms with Gasteiger partial charge in [-0.2, -0.15) is 0 Å². The van der Waals surface area contributed by atoms with Gasteiger partial charge in [0, 0.05) is 28.8 Å². The minimum atomic E-state index is -0.669. The number of methoxy groups -OCH3 is 3. The Bertz CT molecular complexity index is 1980. The van der Waals surface area contributed by atoms with Gasteiger partial charge in [0.15, 0.2) is 23.0 Å². The van der Waals surface area contributed by atoms with Gasteiger partial charge in [0.05, 0.1) is 44.9 Å². The predicted molar refractivity (Wildman–Crippen MR) is 179 cm³/mol. The zero-order valence-corrected chi connectivity index (χ0v) is 27.8. The van der Waals surface area contributed by atoms with Crippen molar-refractivity contribution >= 4 is 40.9 Å². The normalized spacial score (nSPS) is 19.8. The molecule has 1 aliphatic carbocycles. The summed E-state index contributed by atoms with van der Waals surface area (Å²) in [6, 6.07) is 16.2. The molecule has 0 aromatic heterocycles. The summed E-state index contributed by atoms with van der Waals surface area (Å²) in [5, 5.41) is 8.25. The Morgan fingerprint density at radius 1 is 0.820 bits per heavy atom. The average Bonchev–Trinajstić information content (AvgIpc) is 3.74. The molecule has 0 radical (unpaired) electrons. The van der Waals surface area contributed by atoms with E-state index in [1.54, 1.807) is 24.3 Å². The Labute approximate surface area is 290 Å². The van der Waals surface area contributed by atoms with E-state index < -0.39 is 47.5 Å². The van der Waals surface area contributed by atoms with Crippen molar-refractivity contribution in [1.82, 2.24) is 5.32 Å². The smallest absolute Gasteiger partial charge is 0.323 e. The fourth-order valence-corrected chi connectivity index (χ4v) is 7.01. The number of urea groups is 1. The lowest BCUT2D eigenvalue weighted by Crippen LogP contribution is -2.42. The van der Waals surface area contributed by atoms with Crippen molar-refractivity contribution in [3.05, 3.63) is 99.8 Å². The Balaban J connectivity index is 1.18. The van der Waals surface area contributed by atoms with Crippen molar-refractivity contribution in [2.24, 2.45) is 11.8 Å². The Morgan fingerprint density at radius 2 is 1.46 bits per heavy atom. The molecule has 0 bridgehead atoms. The van der Waals surface area contributed by atoms with Crippen LogP contribution >= 0.6 is 11.6 Å². The molecule has 0 unspecified atom stereocenters. The van der Waals surface area contributed by atoms with Gasteiger partial charge in [-0.25, -0.2) is 9.18 Å². The van der Waals surface area contributed by atoms with Crippen LogP contribution in [0.1, 0.15) is 39.0 Å². The number of cyclic esters (lactones) is 1. The van der Waals surface area contributed by atoms with Crippen LogP contribution < -0.4 is 39.6 Å². The summed E-state index contributed by atoms with van der Waals surface area (Å²) in [4.78, 5) is 39.8. The van der Waals surface area contributed by atoms with Crippen LogP contribution in [-0.2, 0) is 9.53 Å². The number of amides is 3. The molecule has 12 nitrogen and oxygen atoms in total. The molecular weight excluding hydrogens is 673 g/mol. The second-order valence-electron chi connectivity index (χ2n) is 11.8. The molecule has 1 saturated heterocycles. The number of fused-ring (bicyclic) bond motifs is 3. The third-order valence-corrected chi connectivity index (χ3v) is 9.39. The van der Waals surface area contributed by atoms with Crippen LogP contribution in [0, 0.1) is 17.7 Å². The summed E-state index contributed by atoms with van der Waals surface area (Å²) in [6.45, 7) is 0.121. The maximum Gasteiger partial charge on any atom is 0.323 e. The van der Waals surface area contributed by atoms with Gasteiger partial charge in [0.1, 0.15) is 5.82 Å². The van der Waals surface area contributed by atoms with Crippen molar-refractivity contribution in [1.29, 1.82) is 0 Å². The highest BCUT2D eigenvalue weighted by atomic mass is 35.5. The van der Waals surface area contributed by atoms with Crippen LogP contribution in [-0.4, -0.2) is 52.6 Å². The number of carbonyl (C=O) groups is 3. The molecule has 2 heterocycles. The Morgan fingerprint density at radius 3 is 2.10 bits per heavy atom. The van der Waals surface area contributed by atoms with E-state index in [0.29, 0.717) is 45.7 Å². The van der Waals surface area contributed by atoms with E-state index in [1.165, 1.54) is 33.5 Å². The largest absolute Gasteiger partial charge is 0.493 e. The zero-order chi connectivity index (χ0) is 35.1. The first-order valence-electron chi connectivity index (χ1n) is 15.5. The summed E-state index contributed by atoms with van der Waals surface area (Å²) in [5.41, 5.74) is 3.26. The SMILES string of the molecule is COc1cc([C@@H]2c3cc4c(cc3[C@@H](NC(=O)c3ccc(NC(=O)Nc5ccc(F)c(Cl)c5)cc3)[C@H]3COC(=O)[C@H]23)OCO4)cc(OC)c1OC. The molecule has 0 saturated carbocycles. The van der Waals surface area contributed by atoms with Gasteiger partial charge in [-0.3, -0.25) is 9.59 Å². The average molecular weight is 704 g/mol. The van der Waals surface area contributed by atoms with Crippen molar-refractivity contribution in [2.45, 2.75) is 12.0 Å². The number of halogens is 2. The van der Waals surface area contributed by atoms with E-state index in [4.69, 9.17) is 40.0 Å². The van der Waals surface area contributed by atoms with E-state index in [0.717, 1.165) is 22.8 Å². The van der Waals surface area contributed by atoms with Crippen LogP contribution in [0.15, 0.2) is 66.7 Å². The first-order valence-corrected chi connectivity index (χ1v) is 15.9. The third kappa shape index (κ3) is 5.93. The van der Waals surface area contributed by atoms with Crippen LogP contribution in [0.3, 0.4) is 0 Å². The molecule has 4 atom stereocenters. The Kier molecular flexibility index (Phi) is 8.74. The zero-order valence-electron chi connectivity index (χ0n) is 27.0. The number of hydrogen-bond acceptors (Lipinski definition) is 9. The highest BCUT2D eigenvalue weighted by molar-refractivity contribution is 6.31. The second kappa shape index (κ2) is 13.3. The first-order chi connectivity index (χ1) is 24.2. The molecule has 7 rings (SSSR count). The lowest BCUT2D eigenvalue weighted by molar-refractivity contribution is -0.141. The molecule has 3 aliphatic rings. The van der Waals surface area contributed by atoms with Crippen molar-refractivity contribution in [2.75, 3.05) is 45.4 Å². The number of esters is 1. The number of ether oxygens (including phenoxy) is 6. The molecule has 50 heavy (non-hydrogen) atoms. The lowest BCUT2D eigenvalue weighted by Gasteiger charge is -2.39. The molecule has 0 spiro atoms. The topological polar surface area (TPSA) is 143 Å². The van der Waals surface area contributed by atoms with Gasteiger partial charge in [-0.05, 0) is 83.4 Å². The van der Waals surface area contributed by atoms with Crippen LogP contribution in [0.2, 0.25) is 5.02 Å². The number of carbonyl (C=O) groups excluding carboxylic acids is 3. The van der Waals surface area contributed by atoms with Crippen LogP contribution in [0.5, 0.6) is 28.7 Å². The number of hydrogen-bond donors (Lipinski definition) is 3. The number of rotatable bonds is 8. The molecule has 2 aliphatic heterocycles. The number of anilines is 2. The molecule has 4 aromatic rings. The third-order valence-electron chi connectivity index (χ3n) is 9.10. The van der Waals surface area contributed by atoms with Gasteiger partial charge >= 0.3 is 12.0 Å². The first kappa shape index (κ1) is 32.8. The second-order valence-corrected chi connectivity index (χ2v) is 12.2. The maximum atomic E-state index is 13.8. The summed E-state index contributed by atoms with van der Waals surface area (Å²) >= 11 is 5.80. The minimum absolute atomic E-state index is 0.0368. The summed E-state index contributed by atoms with van der Waals surface area (Å²) in [7, 11) is 4.56. The molecule has 4 aromatic carbocycles. The molecule has 3 amide bonds. The van der Waals surface area contributed by atoms with Crippen LogP contribution in [0.4, 0.5) is 20.6 Å². The van der Waals surface area contributed by atoms with Gasteiger partial charge in [-0.15, -0.1) is 0 Å². The highest BCUT2D eigenvalue weighted by Crippen LogP contribution is 2.55. The van der Waals surface area contributed by atoms with Crippen molar-refractivity contribution in [3.8, 4) is 28.7 Å². The van der Waals surface area contributed by atoms with Crippen LogP contribution in [0.25, 0.3) is 0 Å². The number of nitrogens with one attached hydrogen (secondary N) is 3. The quantitative estimate of drug-likeness (QED) is 0.181. The van der Waals surface area contributed by atoms with E-state index in [1.807, 2.05) is 24.3 Å². The van der Waals surface area contributed by atoms with E-state index >= 15 is 0 Å². The van der Waals surface area contributed by atoms with Gasteiger partial charge in [0.25, 0.3) is 5.91 Å². The molecule has 14 heteroatoms. The maximum absolute atomic E-state index is 13.8. The van der Waals surface area contributed by atoms with Gasteiger partial charge in [-0.1, -0.05) is 11.6 Å². The molecule has 1 fully saturated rings. The fourth-order valence-electron chi connectivity index (χ4n) is 6.83. The highest BCUT2D eigenvalue weighted by Gasteiger charge is 2.53. The van der Waals surface area contributed by atoms with E-state index in [2.05, 4.69) is 16.0 Å². The van der Waals surface area contributed by atoms with E-state index in [9.17, 15) is 18.8 Å². The standard InChI is InChI=1S/C36H31ClFN3O9/c1-45-28-10-18(11-29(46-2)33(28)47-3)30-21-13-26-27(50-16-49-26)14-22(21)32(23-15-48-35(43)31(23)30)41-34(42)17-4-6-19(7-5-17)39-36(44)40-20-8-9-25(38)24(37)12-20/h4-14,23,30-32H,15-16H2,1-3H3,(H,41,42)(H2,39,40,44)/t23-,30+,31-,32+/m0/s1. The van der Waals surface area contributed by atoms with Gasteiger partial charge < -0.3 is 44.4 Å². The minimum Gasteiger partial charge on any atom is -0.493 e. The van der Waals surface area contributed by atoms with Gasteiger partial charge in [0.2, 0.25) is 12.5 Å². The fraction of sp³-hybridized carbons (Fsp3) is 0.250. The summed E-state index contributed by atoms with van der Waals surface area (Å²) < 4.78 is 47.4. The Hall–Kier alpha value is -5.69. The summed E-state index contributed by atoms with van der Waals surface area (Å²) in [6.07, 6.45) is 0. The van der Waals surface area contributed by atoms with Crippen molar-refractivity contribution < 1.29 is 47.2 Å². The molecule has 258 valence electrons. The molecular formula is C36H31ClFN3O9. The molecule has 3 N–H and O–H groups in total.